The molecule has 114 valence electrons. The third kappa shape index (κ3) is 4.40. The molecule has 3 amide bonds. The molecule has 20 heavy (non-hydrogen) atoms. The number of carbonyl (C=O) groups is 3. The van der Waals surface area contributed by atoms with Gasteiger partial charge in [-0.2, -0.15) is 0 Å². The van der Waals surface area contributed by atoms with Crippen LogP contribution in [-0.2, 0) is 9.59 Å². The Morgan fingerprint density at radius 3 is 2.50 bits per heavy atom. The van der Waals surface area contributed by atoms with Crippen LogP contribution in [0.4, 0.5) is 4.79 Å². The second kappa shape index (κ2) is 7.12. The molecule has 1 heterocycles. The van der Waals surface area contributed by atoms with E-state index in [0.29, 0.717) is 19.4 Å². The number of carboxylic acids is 1. The zero-order valence-corrected chi connectivity index (χ0v) is 12.0. The van der Waals surface area contributed by atoms with Crippen LogP contribution in [0.1, 0.15) is 39.5 Å². The number of nitrogens with one attached hydrogen (secondary N) is 1. The van der Waals surface area contributed by atoms with Gasteiger partial charge in [-0.3, -0.25) is 4.79 Å². The number of likely N-dealkylation sites (tertiary alicyclic amines) is 1. The van der Waals surface area contributed by atoms with Crippen LogP contribution in [-0.4, -0.2) is 46.5 Å². The molecule has 0 aromatic carbocycles. The standard InChI is InChI=1S/C13H23N3O4/c1-8(2)7-9(15-13(14)20)11(17)16-6-4-3-5-10(16)12(18)19/h8-10H,3-7H2,1-2H3,(H,18,19)(H3,14,15,20). The van der Waals surface area contributed by atoms with Crippen LogP contribution in [0.3, 0.4) is 0 Å². The molecular formula is C13H23N3O4. The highest BCUT2D eigenvalue weighted by Gasteiger charge is 2.35. The molecule has 4 N–H and O–H groups in total. The second-order valence-electron chi connectivity index (χ2n) is 5.57. The van der Waals surface area contributed by atoms with Crippen molar-refractivity contribution in [3.63, 3.8) is 0 Å². The first-order valence-electron chi connectivity index (χ1n) is 6.92. The molecule has 0 saturated carbocycles. The van der Waals surface area contributed by atoms with E-state index in [9.17, 15) is 19.5 Å². The van der Waals surface area contributed by atoms with Gasteiger partial charge in [0.2, 0.25) is 5.91 Å². The fourth-order valence-corrected chi connectivity index (χ4v) is 2.52. The van der Waals surface area contributed by atoms with E-state index in [1.165, 1.54) is 4.90 Å². The SMILES string of the molecule is CC(C)CC(NC(N)=O)C(=O)N1CCCCC1C(=O)O. The van der Waals surface area contributed by atoms with Crippen LogP contribution in [0.25, 0.3) is 0 Å². The fourth-order valence-electron chi connectivity index (χ4n) is 2.52. The Morgan fingerprint density at radius 2 is 2.00 bits per heavy atom. The number of primary amides is 1. The Morgan fingerprint density at radius 1 is 1.35 bits per heavy atom. The van der Waals surface area contributed by atoms with Crippen molar-refractivity contribution < 1.29 is 19.5 Å². The molecule has 0 aromatic rings. The summed E-state index contributed by atoms with van der Waals surface area (Å²) < 4.78 is 0. The van der Waals surface area contributed by atoms with Gasteiger partial charge in [-0.1, -0.05) is 13.8 Å². The summed E-state index contributed by atoms with van der Waals surface area (Å²) in [5, 5.41) is 11.6. The van der Waals surface area contributed by atoms with Gasteiger partial charge in [0.05, 0.1) is 0 Å². The third-order valence-electron chi connectivity index (χ3n) is 3.39. The monoisotopic (exact) mass is 285 g/mol. The number of hydrogen-bond donors (Lipinski definition) is 3. The van der Waals surface area contributed by atoms with E-state index in [2.05, 4.69) is 5.32 Å². The van der Waals surface area contributed by atoms with Crippen molar-refractivity contribution in [3.05, 3.63) is 0 Å². The Labute approximate surface area is 118 Å². The van der Waals surface area contributed by atoms with Crippen molar-refractivity contribution in [2.45, 2.75) is 51.6 Å². The van der Waals surface area contributed by atoms with Gasteiger partial charge in [0.1, 0.15) is 12.1 Å². The Hall–Kier alpha value is -1.79. The predicted octanol–water partition coefficient (Wildman–Crippen LogP) is 0.535. The summed E-state index contributed by atoms with van der Waals surface area (Å²) in [6.45, 7) is 4.26. The molecule has 2 atom stereocenters. The van der Waals surface area contributed by atoms with E-state index >= 15 is 0 Å². The highest BCUT2D eigenvalue weighted by atomic mass is 16.4. The van der Waals surface area contributed by atoms with Crippen molar-refractivity contribution in [1.29, 1.82) is 0 Å². The minimum atomic E-state index is -1.000. The van der Waals surface area contributed by atoms with E-state index in [1.54, 1.807) is 0 Å². The number of carboxylic acid groups (broad SMARTS) is 1. The normalized spacial score (nSPS) is 20.6. The number of urea groups is 1. The fraction of sp³-hybridized carbons (Fsp3) is 0.769. The van der Waals surface area contributed by atoms with E-state index in [4.69, 9.17) is 5.73 Å². The average molecular weight is 285 g/mol. The van der Waals surface area contributed by atoms with E-state index in [1.807, 2.05) is 13.8 Å². The van der Waals surface area contributed by atoms with Crippen LogP contribution in [0.5, 0.6) is 0 Å². The maximum Gasteiger partial charge on any atom is 0.326 e. The van der Waals surface area contributed by atoms with E-state index in [-0.39, 0.29) is 11.8 Å². The average Bonchev–Trinajstić information content (AvgIpc) is 2.36. The Bertz CT molecular complexity index is 384. The first-order valence-corrected chi connectivity index (χ1v) is 6.92. The number of carbonyl (C=O) groups excluding carboxylic acids is 2. The number of rotatable bonds is 5. The van der Waals surface area contributed by atoms with E-state index < -0.39 is 24.1 Å². The summed E-state index contributed by atoms with van der Waals surface area (Å²) in [6, 6.07) is -2.33. The molecule has 1 aliphatic heterocycles. The minimum absolute atomic E-state index is 0.184. The van der Waals surface area contributed by atoms with Crippen molar-refractivity contribution >= 4 is 17.9 Å². The van der Waals surface area contributed by atoms with Crippen molar-refractivity contribution in [1.82, 2.24) is 10.2 Å². The molecule has 1 aliphatic rings. The van der Waals surface area contributed by atoms with Gasteiger partial charge >= 0.3 is 12.0 Å². The number of nitrogens with zero attached hydrogens (tertiary/aromatic N) is 1. The smallest absolute Gasteiger partial charge is 0.326 e. The lowest BCUT2D eigenvalue weighted by Crippen LogP contribution is -2.56. The third-order valence-corrected chi connectivity index (χ3v) is 3.39. The minimum Gasteiger partial charge on any atom is -0.480 e. The number of aliphatic carboxylic acids is 1. The molecule has 0 aliphatic carbocycles. The van der Waals surface area contributed by atoms with Gasteiger partial charge in [-0.25, -0.2) is 9.59 Å². The molecule has 7 nitrogen and oxygen atoms in total. The quantitative estimate of drug-likeness (QED) is 0.684. The summed E-state index contributed by atoms with van der Waals surface area (Å²) in [5.74, 6) is -1.17. The topological polar surface area (TPSA) is 113 Å². The van der Waals surface area contributed by atoms with Crippen LogP contribution in [0, 0.1) is 5.92 Å². The summed E-state index contributed by atoms with van der Waals surface area (Å²) >= 11 is 0. The first kappa shape index (κ1) is 16.3. The molecule has 0 radical (unpaired) electrons. The maximum atomic E-state index is 12.5. The van der Waals surface area contributed by atoms with Gasteiger partial charge < -0.3 is 21.1 Å². The predicted molar refractivity (Wildman–Crippen MR) is 72.9 cm³/mol. The van der Waals surface area contributed by atoms with Gasteiger partial charge in [0.25, 0.3) is 0 Å². The van der Waals surface area contributed by atoms with Crippen LogP contribution in [0.2, 0.25) is 0 Å². The van der Waals surface area contributed by atoms with Gasteiger partial charge in [0.15, 0.2) is 0 Å². The van der Waals surface area contributed by atoms with Crippen LogP contribution < -0.4 is 11.1 Å². The Kier molecular flexibility index (Phi) is 5.79. The second-order valence-corrected chi connectivity index (χ2v) is 5.57. The molecule has 1 saturated heterocycles. The van der Waals surface area contributed by atoms with Gasteiger partial charge in [-0.05, 0) is 31.6 Å². The molecule has 0 bridgehead atoms. The summed E-state index contributed by atoms with van der Waals surface area (Å²) in [5.41, 5.74) is 5.09. The molecule has 7 heteroatoms. The summed E-state index contributed by atoms with van der Waals surface area (Å²) in [4.78, 5) is 36.1. The van der Waals surface area contributed by atoms with Gasteiger partial charge in [-0.15, -0.1) is 0 Å². The lowest BCUT2D eigenvalue weighted by atomic mass is 9.98. The van der Waals surface area contributed by atoms with E-state index in [0.717, 1.165) is 12.8 Å². The van der Waals surface area contributed by atoms with Gasteiger partial charge in [0, 0.05) is 6.54 Å². The lowest BCUT2D eigenvalue weighted by Gasteiger charge is -2.35. The zero-order valence-electron chi connectivity index (χ0n) is 12.0. The van der Waals surface area contributed by atoms with Crippen molar-refractivity contribution in [2.75, 3.05) is 6.54 Å². The molecule has 0 spiro atoms. The van der Waals surface area contributed by atoms with Crippen molar-refractivity contribution in [2.24, 2.45) is 11.7 Å². The number of amides is 3. The first-order chi connectivity index (χ1) is 9.32. The van der Waals surface area contributed by atoms with Crippen LogP contribution >= 0.6 is 0 Å². The molecule has 2 unspecified atom stereocenters. The zero-order chi connectivity index (χ0) is 15.3. The number of hydrogen-bond acceptors (Lipinski definition) is 3. The molecular weight excluding hydrogens is 262 g/mol. The summed E-state index contributed by atoms with van der Waals surface area (Å²) in [7, 11) is 0. The highest BCUT2D eigenvalue weighted by molar-refractivity contribution is 5.90. The molecule has 0 aromatic heterocycles. The lowest BCUT2D eigenvalue weighted by molar-refractivity contribution is -0.153. The number of nitrogens with two attached hydrogens (primary N) is 1. The maximum absolute atomic E-state index is 12.5. The largest absolute Gasteiger partial charge is 0.480 e. The molecule has 1 fully saturated rings. The van der Waals surface area contributed by atoms with Crippen LogP contribution in [0.15, 0.2) is 0 Å². The Balaban J connectivity index is 2.84. The number of piperidine rings is 1. The van der Waals surface area contributed by atoms with Crippen molar-refractivity contribution in [3.8, 4) is 0 Å². The summed E-state index contributed by atoms with van der Waals surface area (Å²) in [6.07, 6.45) is 2.45. The highest BCUT2D eigenvalue weighted by Crippen LogP contribution is 2.19. The molecule has 1 rings (SSSR count).